The first-order valence-corrected chi connectivity index (χ1v) is 8.01. The number of furan rings is 1. The van der Waals surface area contributed by atoms with Crippen molar-refractivity contribution in [3.05, 3.63) is 48.1 Å². The Kier molecular flexibility index (Phi) is 3.68. The summed E-state index contributed by atoms with van der Waals surface area (Å²) in [5.74, 6) is 0.898. The predicted octanol–water partition coefficient (Wildman–Crippen LogP) is 2.92. The van der Waals surface area contributed by atoms with E-state index >= 15 is 0 Å². The SMILES string of the molecule is Cc1cnn([C@@H]2CCCN(C(=O)c3cc(-c4ccco4)on3)C2)c1. The van der Waals surface area contributed by atoms with E-state index in [-0.39, 0.29) is 11.9 Å². The molecule has 7 heteroatoms. The average molecular weight is 326 g/mol. The molecular weight excluding hydrogens is 308 g/mol. The zero-order chi connectivity index (χ0) is 16.5. The van der Waals surface area contributed by atoms with E-state index in [0.717, 1.165) is 24.9 Å². The van der Waals surface area contributed by atoms with Crippen molar-refractivity contribution in [1.29, 1.82) is 0 Å². The maximum atomic E-state index is 12.7. The molecule has 0 radical (unpaired) electrons. The molecule has 1 aliphatic rings. The first-order valence-electron chi connectivity index (χ1n) is 8.01. The fourth-order valence-corrected chi connectivity index (χ4v) is 3.06. The van der Waals surface area contributed by atoms with E-state index in [1.807, 2.05) is 28.9 Å². The number of amides is 1. The summed E-state index contributed by atoms with van der Waals surface area (Å²) in [6.45, 7) is 3.36. The van der Waals surface area contributed by atoms with Gasteiger partial charge in [-0.1, -0.05) is 5.16 Å². The van der Waals surface area contributed by atoms with E-state index < -0.39 is 0 Å². The zero-order valence-electron chi connectivity index (χ0n) is 13.4. The van der Waals surface area contributed by atoms with Crippen LogP contribution in [0.25, 0.3) is 11.5 Å². The fourth-order valence-electron chi connectivity index (χ4n) is 3.06. The van der Waals surface area contributed by atoms with Crippen molar-refractivity contribution in [2.75, 3.05) is 13.1 Å². The summed E-state index contributed by atoms with van der Waals surface area (Å²) in [5.41, 5.74) is 1.43. The largest absolute Gasteiger partial charge is 0.461 e. The Morgan fingerprint density at radius 3 is 3.04 bits per heavy atom. The second kappa shape index (κ2) is 5.99. The molecule has 1 saturated heterocycles. The molecule has 1 atom stereocenters. The lowest BCUT2D eigenvalue weighted by Gasteiger charge is -2.32. The molecule has 4 heterocycles. The summed E-state index contributed by atoms with van der Waals surface area (Å²) in [6.07, 6.45) is 7.37. The fraction of sp³-hybridized carbons (Fsp3) is 0.353. The summed E-state index contributed by atoms with van der Waals surface area (Å²) in [7, 11) is 0. The van der Waals surface area contributed by atoms with E-state index in [1.165, 1.54) is 0 Å². The van der Waals surface area contributed by atoms with Gasteiger partial charge in [-0.2, -0.15) is 5.10 Å². The Balaban J connectivity index is 1.50. The number of aromatic nitrogens is 3. The van der Waals surface area contributed by atoms with Gasteiger partial charge >= 0.3 is 0 Å². The molecule has 0 bridgehead atoms. The molecule has 3 aromatic rings. The maximum absolute atomic E-state index is 12.7. The number of carbonyl (C=O) groups is 1. The third-order valence-electron chi connectivity index (χ3n) is 4.28. The Hall–Kier alpha value is -2.83. The number of nitrogens with zero attached hydrogens (tertiary/aromatic N) is 4. The van der Waals surface area contributed by atoms with Crippen LogP contribution >= 0.6 is 0 Å². The van der Waals surface area contributed by atoms with Crippen molar-refractivity contribution < 1.29 is 13.7 Å². The highest BCUT2D eigenvalue weighted by atomic mass is 16.5. The highest BCUT2D eigenvalue weighted by Gasteiger charge is 2.28. The molecule has 1 amide bonds. The third kappa shape index (κ3) is 2.73. The number of hydrogen-bond donors (Lipinski definition) is 0. The van der Waals surface area contributed by atoms with Gasteiger partial charge in [-0.25, -0.2) is 0 Å². The van der Waals surface area contributed by atoms with Gasteiger partial charge in [0.05, 0.1) is 18.5 Å². The molecule has 0 spiro atoms. The standard InChI is InChI=1S/C17H18N4O3/c1-12-9-18-21(10-12)13-4-2-6-20(11-13)17(22)14-8-16(24-19-14)15-5-3-7-23-15/h3,5,7-10,13H,2,4,6,11H2,1H3/t13-/m1/s1. The molecule has 0 saturated carbocycles. The van der Waals surface area contributed by atoms with Crippen molar-refractivity contribution in [3.63, 3.8) is 0 Å². The van der Waals surface area contributed by atoms with Crippen LogP contribution in [0.3, 0.4) is 0 Å². The van der Waals surface area contributed by atoms with Crippen molar-refractivity contribution >= 4 is 5.91 Å². The van der Waals surface area contributed by atoms with Gasteiger partial charge in [0.25, 0.3) is 5.91 Å². The van der Waals surface area contributed by atoms with Crippen LogP contribution in [0, 0.1) is 6.92 Å². The van der Waals surface area contributed by atoms with Gasteiger partial charge in [0.15, 0.2) is 11.5 Å². The number of rotatable bonds is 3. The number of likely N-dealkylation sites (tertiary alicyclic amines) is 1. The van der Waals surface area contributed by atoms with E-state index in [2.05, 4.69) is 10.3 Å². The summed E-state index contributed by atoms with van der Waals surface area (Å²) < 4.78 is 12.4. The summed E-state index contributed by atoms with van der Waals surface area (Å²) in [4.78, 5) is 14.5. The van der Waals surface area contributed by atoms with Crippen LogP contribution in [-0.2, 0) is 0 Å². The van der Waals surface area contributed by atoms with Crippen molar-refractivity contribution in [2.45, 2.75) is 25.8 Å². The molecule has 1 fully saturated rings. The van der Waals surface area contributed by atoms with Crippen LogP contribution in [0.5, 0.6) is 0 Å². The lowest BCUT2D eigenvalue weighted by Crippen LogP contribution is -2.41. The summed E-state index contributed by atoms with van der Waals surface area (Å²) in [5, 5.41) is 8.28. The lowest BCUT2D eigenvalue weighted by molar-refractivity contribution is 0.0662. The predicted molar refractivity (Wildman–Crippen MR) is 85.3 cm³/mol. The number of aryl methyl sites for hydroxylation is 1. The van der Waals surface area contributed by atoms with Crippen LogP contribution < -0.4 is 0 Å². The van der Waals surface area contributed by atoms with E-state index in [0.29, 0.717) is 23.8 Å². The summed E-state index contributed by atoms with van der Waals surface area (Å²) in [6, 6.07) is 5.36. The van der Waals surface area contributed by atoms with Crippen LogP contribution in [0.1, 0.15) is 34.9 Å². The molecule has 4 rings (SSSR count). The van der Waals surface area contributed by atoms with Crippen molar-refractivity contribution in [2.24, 2.45) is 0 Å². The molecule has 0 aliphatic carbocycles. The maximum Gasteiger partial charge on any atom is 0.276 e. The molecule has 0 unspecified atom stereocenters. The Labute approximate surface area is 138 Å². The van der Waals surface area contributed by atoms with Gasteiger partial charge in [0.1, 0.15) is 0 Å². The molecule has 7 nitrogen and oxygen atoms in total. The minimum absolute atomic E-state index is 0.120. The lowest BCUT2D eigenvalue weighted by atomic mass is 10.1. The van der Waals surface area contributed by atoms with Crippen molar-refractivity contribution in [1.82, 2.24) is 19.8 Å². The average Bonchev–Trinajstić information content (AvgIpc) is 3.34. The first kappa shape index (κ1) is 14.7. The van der Waals surface area contributed by atoms with Gasteiger partial charge in [0, 0.05) is 25.4 Å². The van der Waals surface area contributed by atoms with Gasteiger partial charge in [-0.15, -0.1) is 0 Å². The second-order valence-electron chi connectivity index (χ2n) is 6.10. The van der Waals surface area contributed by atoms with Crippen LogP contribution in [0.2, 0.25) is 0 Å². The summed E-state index contributed by atoms with van der Waals surface area (Å²) >= 11 is 0. The van der Waals surface area contributed by atoms with Crippen LogP contribution in [0.15, 0.2) is 45.8 Å². The molecule has 0 N–H and O–H groups in total. The smallest absolute Gasteiger partial charge is 0.276 e. The zero-order valence-corrected chi connectivity index (χ0v) is 13.4. The highest BCUT2D eigenvalue weighted by molar-refractivity contribution is 5.93. The highest BCUT2D eigenvalue weighted by Crippen LogP contribution is 2.25. The Bertz CT molecular complexity index is 834. The molecule has 124 valence electrons. The Morgan fingerprint density at radius 1 is 1.38 bits per heavy atom. The minimum Gasteiger partial charge on any atom is -0.461 e. The minimum atomic E-state index is -0.120. The van der Waals surface area contributed by atoms with E-state index in [1.54, 1.807) is 24.5 Å². The number of piperidine rings is 1. The number of hydrogen-bond acceptors (Lipinski definition) is 5. The van der Waals surface area contributed by atoms with Gasteiger partial charge < -0.3 is 13.8 Å². The molecular formula is C17H18N4O3. The molecule has 1 aliphatic heterocycles. The third-order valence-corrected chi connectivity index (χ3v) is 4.28. The van der Waals surface area contributed by atoms with Crippen molar-refractivity contribution in [3.8, 4) is 11.5 Å². The second-order valence-corrected chi connectivity index (χ2v) is 6.10. The van der Waals surface area contributed by atoms with Gasteiger partial charge in [-0.05, 0) is 37.5 Å². The van der Waals surface area contributed by atoms with Crippen LogP contribution in [-0.4, -0.2) is 38.8 Å². The van der Waals surface area contributed by atoms with Gasteiger partial charge in [-0.3, -0.25) is 9.48 Å². The topological polar surface area (TPSA) is 77.3 Å². The Morgan fingerprint density at radius 2 is 2.29 bits per heavy atom. The monoisotopic (exact) mass is 326 g/mol. The van der Waals surface area contributed by atoms with E-state index in [9.17, 15) is 4.79 Å². The molecule has 3 aromatic heterocycles. The first-order chi connectivity index (χ1) is 11.7. The molecule has 0 aromatic carbocycles. The van der Waals surface area contributed by atoms with E-state index in [4.69, 9.17) is 8.94 Å². The quantitative estimate of drug-likeness (QED) is 0.739. The normalized spacial score (nSPS) is 18.0. The number of carbonyl (C=O) groups excluding carboxylic acids is 1. The van der Waals surface area contributed by atoms with Crippen LogP contribution in [0.4, 0.5) is 0 Å². The molecule has 24 heavy (non-hydrogen) atoms. The van der Waals surface area contributed by atoms with Gasteiger partial charge in [0.2, 0.25) is 5.76 Å².